The molecule has 0 saturated heterocycles. The zero-order valence-electron chi connectivity index (χ0n) is 16.7. The van der Waals surface area contributed by atoms with Gasteiger partial charge in [0, 0.05) is 17.5 Å². The first-order valence-corrected chi connectivity index (χ1v) is 9.61. The summed E-state index contributed by atoms with van der Waals surface area (Å²) >= 11 is 0. The van der Waals surface area contributed by atoms with Crippen LogP contribution in [0.15, 0.2) is 30.6 Å². The van der Waals surface area contributed by atoms with E-state index in [0.717, 1.165) is 18.4 Å². The van der Waals surface area contributed by atoms with Crippen molar-refractivity contribution < 1.29 is 9.59 Å². The van der Waals surface area contributed by atoms with E-state index in [9.17, 15) is 14.9 Å². The summed E-state index contributed by atoms with van der Waals surface area (Å²) in [5, 5.41) is 18.1. The molecule has 1 heterocycles. The van der Waals surface area contributed by atoms with E-state index in [4.69, 9.17) is 0 Å². The highest BCUT2D eigenvalue weighted by Gasteiger charge is 2.29. The summed E-state index contributed by atoms with van der Waals surface area (Å²) in [6, 6.07) is 6.87. The summed E-state index contributed by atoms with van der Waals surface area (Å²) in [4.78, 5) is 32.6. The van der Waals surface area contributed by atoms with Crippen LogP contribution in [0.5, 0.6) is 0 Å². The van der Waals surface area contributed by atoms with Gasteiger partial charge < -0.3 is 16.0 Å². The molecule has 1 aliphatic carbocycles. The maximum atomic E-state index is 12.2. The molecule has 0 bridgehead atoms. The molecule has 2 aromatic rings. The number of anilines is 2. The van der Waals surface area contributed by atoms with Crippen LogP contribution in [0.2, 0.25) is 0 Å². The van der Waals surface area contributed by atoms with E-state index in [0.29, 0.717) is 22.8 Å². The van der Waals surface area contributed by atoms with Crippen LogP contribution >= 0.6 is 0 Å². The van der Waals surface area contributed by atoms with Crippen molar-refractivity contribution in [3.63, 3.8) is 0 Å². The first-order valence-electron chi connectivity index (χ1n) is 9.61. The van der Waals surface area contributed by atoms with Gasteiger partial charge in [-0.05, 0) is 45.7 Å². The Hall–Kier alpha value is -3.47. The monoisotopic (exact) mass is 392 g/mol. The number of nitrogens with zero attached hydrogens (tertiary/aromatic N) is 3. The smallest absolute Gasteiger partial charge is 0.242 e. The Morgan fingerprint density at radius 1 is 1.17 bits per heavy atom. The molecule has 1 atom stereocenters. The lowest BCUT2D eigenvalue weighted by molar-refractivity contribution is -0.122. The normalized spacial score (nSPS) is 14.0. The molecule has 8 heteroatoms. The van der Waals surface area contributed by atoms with Gasteiger partial charge in [0.25, 0.3) is 0 Å². The molecule has 2 amide bonds. The van der Waals surface area contributed by atoms with Crippen LogP contribution in [-0.4, -0.2) is 33.9 Å². The molecule has 150 valence electrons. The Balaban J connectivity index is 1.76. The lowest BCUT2D eigenvalue weighted by Crippen LogP contribution is -2.41. The minimum Gasteiger partial charge on any atom is -0.373 e. The van der Waals surface area contributed by atoms with Gasteiger partial charge in [-0.25, -0.2) is 4.98 Å². The van der Waals surface area contributed by atoms with Crippen LogP contribution in [0.4, 0.5) is 11.5 Å². The Morgan fingerprint density at radius 3 is 2.52 bits per heavy atom. The number of carbonyl (C=O) groups is 2. The quantitative estimate of drug-likeness (QED) is 0.666. The molecule has 1 fully saturated rings. The largest absolute Gasteiger partial charge is 0.373 e. The number of rotatable bonds is 7. The molecule has 1 unspecified atom stereocenters. The van der Waals surface area contributed by atoms with Crippen LogP contribution in [0.25, 0.3) is 11.3 Å². The number of nitriles is 1. The first-order chi connectivity index (χ1) is 13.9. The first kappa shape index (κ1) is 20.3. The lowest BCUT2D eigenvalue weighted by Gasteiger charge is -2.18. The summed E-state index contributed by atoms with van der Waals surface area (Å²) in [5.74, 6) is 0.338. The Morgan fingerprint density at radius 2 is 1.93 bits per heavy atom. The number of carbonyl (C=O) groups excluding carboxylic acids is 2. The third kappa shape index (κ3) is 5.29. The van der Waals surface area contributed by atoms with Crippen LogP contribution in [0.1, 0.15) is 39.2 Å². The number of hydrogen-bond donors (Lipinski definition) is 3. The fourth-order valence-electron chi connectivity index (χ4n) is 2.74. The summed E-state index contributed by atoms with van der Waals surface area (Å²) in [5.41, 5.74) is 2.32. The molecule has 3 rings (SSSR count). The van der Waals surface area contributed by atoms with Crippen molar-refractivity contribution in [3.05, 3.63) is 36.2 Å². The van der Waals surface area contributed by atoms with Crippen molar-refractivity contribution in [2.45, 2.75) is 45.7 Å². The summed E-state index contributed by atoms with van der Waals surface area (Å²) in [6.45, 7) is 5.52. The van der Waals surface area contributed by atoms with Gasteiger partial charge in [0.1, 0.15) is 12.1 Å². The van der Waals surface area contributed by atoms with Gasteiger partial charge in [0.05, 0.1) is 29.3 Å². The van der Waals surface area contributed by atoms with Crippen LogP contribution in [0.3, 0.4) is 0 Å². The number of hydrogen-bond acceptors (Lipinski definition) is 6. The van der Waals surface area contributed by atoms with Gasteiger partial charge in [-0.2, -0.15) is 5.26 Å². The minimum atomic E-state index is -0.508. The summed E-state index contributed by atoms with van der Waals surface area (Å²) in [6.07, 6.45) is 4.93. The molecule has 8 nitrogen and oxygen atoms in total. The zero-order valence-corrected chi connectivity index (χ0v) is 16.7. The second-order valence-electron chi connectivity index (χ2n) is 7.45. The van der Waals surface area contributed by atoms with E-state index in [1.165, 1.54) is 6.20 Å². The highest BCUT2D eigenvalue weighted by atomic mass is 16.2. The van der Waals surface area contributed by atoms with E-state index < -0.39 is 6.04 Å². The van der Waals surface area contributed by atoms with Crippen molar-refractivity contribution in [2.75, 3.05) is 10.6 Å². The molecule has 3 N–H and O–H groups in total. The molecule has 1 aromatic carbocycles. The Bertz CT molecular complexity index is 945. The predicted octanol–water partition coefficient (Wildman–Crippen LogP) is 2.69. The van der Waals surface area contributed by atoms with Gasteiger partial charge in [-0.3, -0.25) is 14.6 Å². The van der Waals surface area contributed by atoms with E-state index >= 15 is 0 Å². The third-order valence-electron chi connectivity index (χ3n) is 4.48. The van der Waals surface area contributed by atoms with Gasteiger partial charge in [0.2, 0.25) is 11.8 Å². The van der Waals surface area contributed by atoms with E-state index in [-0.39, 0.29) is 23.8 Å². The van der Waals surface area contributed by atoms with Crippen LogP contribution in [0, 0.1) is 17.2 Å². The number of aromatic nitrogens is 2. The molecule has 0 aliphatic heterocycles. The molecule has 1 saturated carbocycles. The van der Waals surface area contributed by atoms with Crippen molar-refractivity contribution in [2.24, 2.45) is 5.92 Å². The molecule has 1 aromatic heterocycles. The Labute approximate surface area is 169 Å². The molecule has 1 aliphatic rings. The van der Waals surface area contributed by atoms with Gasteiger partial charge >= 0.3 is 0 Å². The molecule has 0 radical (unpaired) electrons. The lowest BCUT2D eigenvalue weighted by atomic mass is 10.1. The average Bonchev–Trinajstić information content (AvgIpc) is 3.53. The van der Waals surface area contributed by atoms with Gasteiger partial charge in [-0.15, -0.1) is 0 Å². The van der Waals surface area contributed by atoms with E-state index in [1.54, 1.807) is 31.3 Å². The second-order valence-corrected chi connectivity index (χ2v) is 7.45. The van der Waals surface area contributed by atoms with Crippen molar-refractivity contribution >= 4 is 23.3 Å². The van der Waals surface area contributed by atoms with Crippen molar-refractivity contribution in [3.8, 4) is 17.3 Å². The van der Waals surface area contributed by atoms with Gasteiger partial charge in [-0.1, -0.05) is 6.07 Å². The van der Waals surface area contributed by atoms with E-state index in [1.807, 2.05) is 13.8 Å². The summed E-state index contributed by atoms with van der Waals surface area (Å²) in [7, 11) is 0. The number of nitrogens with one attached hydrogen (secondary N) is 3. The average molecular weight is 392 g/mol. The highest BCUT2D eigenvalue weighted by Crippen LogP contribution is 2.30. The fourth-order valence-corrected chi connectivity index (χ4v) is 2.74. The third-order valence-corrected chi connectivity index (χ3v) is 4.48. The molecular weight excluding hydrogens is 368 g/mol. The SMILES string of the molecule is CC(C)NC(=O)C(C)Nc1cc(-c2cnc(NC(=O)C3CC3)cn2)ccc1C#N. The number of amides is 2. The van der Waals surface area contributed by atoms with E-state index in [2.05, 4.69) is 32.0 Å². The predicted molar refractivity (Wildman–Crippen MR) is 110 cm³/mol. The topological polar surface area (TPSA) is 120 Å². The van der Waals surface area contributed by atoms with Crippen LogP contribution < -0.4 is 16.0 Å². The summed E-state index contributed by atoms with van der Waals surface area (Å²) < 4.78 is 0. The van der Waals surface area contributed by atoms with Gasteiger partial charge in [0.15, 0.2) is 5.82 Å². The minimum absolute atomic E-state index is 0.0226. The maximum absolute atomic E-state index is 12.2. The van der Waals surface area contributed by atoms with Crippen LogP contribution in [-0.2, 0) is 9.59 Å². The molecule has 0 spiro atoms. The van der Waals surface area contributed by atoms with Crippen molar-refractivity contribution in [1.82, 2.24) is 15.3 Å². The number of benzene rings is 1. The maximum Gasteiger partial charge on any atom is 0.242 e. The van der Waals surface area contributed by atoms with Crippen molar-refractivity contribution in [1.29, 1.82) is 5.26 Å². The molecule has 29 heavy (non-hydrogen) atoms. The fraction of sp³-hybridized carbons (Fsp3) is 0.381. The highest BCUT2D eigenvalue weighted by molar-refractivity contribution is 5.93. The second kappa shape index (κ2) is 8.69. The Kier molecular flexibility index (Phi) is 6.07. The zero-order chi connectivity index (χ0) is 21.0. The molecular formula is C21H24N6O2. The standard InChI is InChI=1S/C21H24N6O2/c1-12(2)25-20(28)13(3)26-17-8-15(6-7-16(17)9-22)18-10-24-19(11-23-18)27-21(29)14-4-5-14/h6-8,10-14,26H,4-5H2,1-3H3,(H,25,28)(H,24,27,29).